The quantitative estimate of drug-likeness (QED) is 0.0236. The van der Waals surface area contributed by atoms with Crippen molar-refractivity contribution in [2.24, 2.45) is 0 Å². The van der Waals surface area contributed by atoms with Crippen LogP contribution >= 0.6 is 7.82 Å². The van der Waals surface area contributed by atoms with Crippen molar-refractivity contribution in [1.82, 2.24) is 0 Å². The highest BCUT2D eigenvalue weighted by Gasteiger charge is 2.27. The number of aliphatic hydroxyl groups excluding tert-OH is 2. The van der Waals surface area contributed by atoms with E-state index >= 15 is 0 Å². The van der Waals surface area contributed by atoms with Crippen LogP contribution in [0.15, 0.2) is 72.9 Å². The van der Waals surface area contributed by atoms with Gasteiger partial charge in [0.05, 0.1) is 19.8 Å². The zero-order valence-electron chi connectivity index (χ0n) is 35.5. The Bertz CT molecular complexity index is 1180. The summed E-state index contributed by atoms with van der Waals surface area (Å²) in [6, 6.07) is 0. The van der Waals surface area contributed by atoms with Crippen molar-refractivity contribution >= 4 is 19.8 Å². The molecule has 1 unspecified atom stereocenters. The van der Waals surface area contributed by atoms with Crippen molar-refractivity contribution in [3.05, 3.63) is 72.9 Å². The van der Waals surface area contributed by atoms with Crippen LogP contribution in [0, 0.1) is 0 Å². The first-order valence-corrected chi connectivity index (χ1v) is 23.4. The number of allylic oxidation sites excluding steroid dienone is 12. The van der Waals surface area contributed by atoms with Gasteiger partial charge in [0.25, 0.3) is 0 Å². The van der Waals surface area contributed by atoms with Gasteiger partial charge in [-0.3, -0.25) is 18.6 Å². The lowest BCUT2D eigenvalue weighted by Gasteiger charge is -2.20. The summed E-state index contributed by atoms with van der Waals surface area (Å²) in [6.07, 6.45) is 47.4. The van der Waals surface area contributed by atoms with Gasteiger partial charge in [-0.2, -0.15) is 0 Å². The molecule has 0 radical (unpaired) electrons. The number of ether oxygens (including phenoxy) is 2. The SMILES string of the molecule is CCCCC/C=C/C/C=C/C/C=C/C/C=C/C/C=C/CCC(=O)O[C@H](COC(=O)CCCCC/C=C/CCCCCCCCCC)COP(=O)(O)OC[C@@H](O)CO. The minimum Gasteiger partial charge on any atom is -0.462 e. The van der Waals surface area contributed by atoms with E-state index in [-0.39, 0.29) is 19.4 Å². The lowest BCUT2D eigenvalue weighted by Crippen LogP contribution is -2.29. The molecule has 0 aliphatic rings. The van der Waals surface area contributed by atoms with Crippen LogP contribution in [0.1, 0.15) is 168 Å². The summed E-state index contributed by atoms with van der Waals surface area (Å²) in [7, 11) is -4.64. The number of unbranched alkanes of at least 4 members (excludes halogenated alkanes) is 14. The fourth-order valence-corrected chi connectivity index (χ4v) is 6.23. The van der Waals surface area contributed by atoms with E-state index in [1.807, 2.05) is 12.2 Å². The number of esters is 2. The molecule has 0 spiro atoms. The molecule has 328 valence electrons. The molecule has 0 saturated heterocycles. The van der Waals surface area contributed by atoms with Crippen molar-refractivity contribution < 1.29 is 47.8 Å². The number of carbonyl (C=O) groups excluding carboxylic acids is 2. The van der Waals surface area contributed by atoms with Crippen LogP contribution in [0.25, 0.3) is 0 Å². The van der Waals surface area contributed by atoms with Crippen LogP contribution in [0.2, 0.25) is 0 Å². The Morgan fingerprint density at radius 1 is 0.526 bits per heavy atom. The van der Waals surface area contributed by atoms with E-state index in [2.05, 4.69) is 79.1 Å². The average Bonchev–Trinajstić information content (AvgIpc) is 3.20. The van der Waals surface area contributed by atoms with Gasteiger partial charge >= 0.3 is 19.8 Å². The third kappa shape index (κ3) is 41.4. The maximum absolute atomic E-state index is 12.6. The molecule has 57 heavy (non-hydrogen) atoms. The Kier molecular flexibility index (Phi) is 39.7. The third-order valence-electron chi connectivity index (χ3n) is 8.85. The molecular weight excluding hydrogens is 743 g/mol. The zero-order valence-corrected chi connectivity index (χ0v) is 36.4. The third-order valence-corrected chi connectivity index (χ3v) is 9.80. The van der Waals surface area contributed by atoms with Gasteiger partial charge in [0, 0.05) is 12.8 Å². The second-order valence-electron chi connectivity index (χ2n) is 14.4. The van der Waals surface area contributed by atoms with Crippen molar-refractivity contribution in [3.8, 4) is 0 Å². The summed E-state index contributed by atoms with van der Waals surface area (Å²) in [4.78, 5) is 34.9. The molecule has 0 amide bonds. The topological polar surface area (TPSA) is 149 Å². The monoisotopic (exact) mass is 823 g/mol. The Labute approximate surface area is 346 Å². The molecule has 10 nitrogen and oxygen atoms in total. The molecule has 0 fully saturated rings. The van der Waals surface area contributed by atoms with E-state index in [9.17, 15) is 24.2 Å². The van der Waals surface area contributed by atoms with Gasteiger partial charge in [0.2, 0.25) is 0 Å². The standard InChI is InChI=1S/C46H79O10P/c1-3-5-7-9-11-13-15-17-19-20-21-22-24-26-28-30-32-34-36-38-46(50)56-44(42-55-57(51,52)54-40-43(48)39-47)41-53-45(49)37-35-33-31-29-27-25-23-18-16-14-12-10-8-6-4-2/h11,13,17,19,21-22,25-28,32,34,43-44,47-48H,3-10,12,14-16,18,20,23-24,29-31,33,35-42H2,1-2H3,(H,51,52)/b13-11+,19-17+,22-21+,27-25+,28-26+,34-32+/t43-,44+/m0/s1. The molecule has 3 N–H and O–H groups in total. The lowest BCUT2D eigenvalue weighted by molar-refractivity contribution is -0.161. The zero-order chi connectivity index (χ0) is 41.9. The van der Waals surface area contributed by atoms with Crippen LogP contribution in [0.5, 0.6) is 0 Å². The molecule has 0 aromatic heterocycles. The number of rotatable bonds is 40. The maximum atomic E-state index is 12.6. The van der Waals surface area contributed by atoms with Gasteiger partial charge in [-0.05, 0) is 77.0 Å². The number of phosphoric acid groups is 1. The van der Waals surface area contributed by atoms with Gasteiger partial charge in [-0.15, -0.1) is 0 Å². The van der Waals surface area contributed by atoms with Gasteiger partial charge in [0.1, 0.15) is 12.7 Å². The van der Waals surface area contributed by atoms with Crippen molar-refractivity contribution in [1.29, 1.82) is 0 Å². The molecule has 0 heterocycles. The van der Waals surface area contributed by atoms with E-state index in [0.29, 0.717) is 12.8 Å². The molecule has 0 bridgehead atoms. The molecule has 0 aromatic rings. The molecule has 11 heteroatoms. The Morgan fingerprint density at radius 2 is 0.947 bits per heavy atom. The first-order chi connectivity index (χ1) is 27.7. The van der Waals surface area contributed by atoms with E-state index in [1.165, 1.54) is 77.0 Å². The van der Waals surface area contributed by atoms with Crippen LogP contribution in [-0.4, -0.2) is 65.7 Å². The number of hydrogen-bond donors (Lipinski definition) is 3. The molecule has 0 aliphatic carbocycles. The second-order valence-corrected chi connectivity index (χ2v) is 15.8. The van der Waals surface area contributed by atoms with Crippen LogP contribution in [-0.2, 0) is 32.7 Å². The average molecular weight is 823 g/mol. The van der Waals surface area contributed by atoms with E-state index in [1.54, 1.807) is 0 Å². The van der Waals surface area contributed by atoms with Crippen LogP contribution in [0.3, 0.4) is 0 Å². The highest BCUT2D eigenvalue weighted by molar-refractivity contribution is 7.47. The Hall–Kier alpha value is -2.59. The van der Waals surface area contributed by atoms with Crippen LogP contribution in [0.4, 0.5) is 0 Å². The Morgan fingerprint density at radius 3 is 1.49 bits per heavy atom. The number of hydrogen-bond acceptors (Lipinski definition) is 9. The van der Waals surface area contributed by atoms with Crippen LogP contribution < -0.4 is 0 Å². The van der Waals surface area contributed by atoms with Crippen molar-refractivity contribution in [3.63, 3.8) is 0 Å². The molecule has 0 saturated carbocycles. The molecule has 0 rings (SSSR count). The highest BCUT2D eigenvalue weighted by atomic mass is 31.2. The fourth-order valence-electron chi connectivity index (χ4n) is 5.44. The highest BCUT2D eigenvalue weighted by Crippen LogP contribution is 2.43. The number of aliphatic hydroxyl groups is 2. The number of carbonyl (C=O) groups is 2. The maximum Gasteiger partial charge on any atom is 0.472 e. The summed E-state index contributed by atoms with van der Waals surface area (Å²) >= 11 is 0. The minimum absolute atomic E-state index is 0.0547. The fraction of sp³-hybridized carbons (Fsp3) is 0.696. The summed E-state index contributed by atoms with van der Waals surface area (Å²) in [5, 5.41) is 18.3. The van der Waals surface area contributed by atoms with Gasteiger partial charge < -0.3 is 24.6 Å². The van der Waals surface area contributed by atoms with E-state index < -0.39 is 51.8 Å². The number of phosphoric ester groups is 1. The predicted molar refractivity (Wildman–Crippen MR) is 233 cm³/mol. The van der Waals surface area contributed by atoms with Gasteiger partial charge in [-0.25, -0.2) is 4.57 Å². The summed E-state index contributed by atoms with van der Waals surface area (Å²) < 4.78 is 32.6. The Balaban J connectivity index is 4.46. The minimum atomic E-state index is -4.64. The van der Waals surface area contributed by atoms with E-state index in [4.69, 9.17) is 19.1 Å². The summed E-state index contributed by atoms with van der Waals surface area (Å²) in [5.41, 5.74) is 0. The first kappa shape index (κ1) is 54.4. The summed E-state index contributed by atoms with van der Waals surface area (Å²) in [6.45, 7) is 2.24. The molecule has 0 aliphatic heterocycles. The first-order valence-electron chi connectivity index (χ1n) is 21.9. The summed E-state index contributed by atoms with van der Waals surface area (Å²) in [5.74, 6) is -1.04. The van der Waals surface area contributed by atoms with E-state index in [0.717, 1.165) is 51.4 Å². The normalized spacial score (nSPS) is 14.5. The predicted octanol–water partition coefficient (Wildman–Crippen LogP) is 11.7. The largest absolute Gasteiger partial charge is 0.472 e. The molecule has 3 atom stereocenters. The van der Waals surface area contributed by atoms with Gasteiger partial charge in [-0.1, -0.05) is 151 Å². The molecular formula is C46H79O10P. The molecule has 0 aromatic carbocycles. The second kappa shape index (κ2) is 41.6. The lowest BCUT2D eigenvalue weighted by atomic mass is 10.1. The van der Waals surface area contributed by atoms with Crippen molar-refractivity contribution in [2.75, 3.05) is 26.4 Å². The van der Waals surface area contributed by atoms with Crippen molar-refractivity contribution in [2.45, 2.75) is 180 Å². The smallest absolute Gasteiger partial charge is 0.462 e. The van der Waals surface area contributed by atoms with Gasteiger partial charge in [0.15, 0.2) is 6.10 Å².